The van der Waals surface area contributed by atoms with Gasteiger partial charge in [0.15, 0.2) is 0 Å². The van der Waals surface area contributed by atoms with E-state index in [4.69, 9.17) is 5.11 Å². The van der Waals surface area contributed by atoms with Crippen LogP contribution >= 0.6 is 23.5 Å². The lowest BCUT2D eigenvalue weighted by atomic mass is 10.3. The molecule has 1 fully saturated rings. The van der Waals surface area contributed by atoms with Crippen molar-refractivity contribution in [2.45, 2.75) is 17.8 Å². The summed E-state index contributed by atoms with van der Waals surface area (Å²) >= 11 is 3.51. The summed E-state index contributed by atoms with van der Waals surface area (Å²) in [7, 11) is 0. The summed E-state index contributed by atoms with van der Waals surface area (Å²) < 4.78 is 0. The van der Waals surface area contributed by atoms with Gasteiger partial charge in [-0.3, -0.25) is 10.1 Å². The van der Waals surface area contributed by atoms with Gasteiger partial charge in [0.2, 0.25) is 0 Å². The molecule has 0 aromatic carbocycles. The van der Waals surface area contributed by atoms with Crippen LogP contribution in [0.5, 0.6) is 0 Å². The van der Waals surface area contributed by atoms with Crippen LogP contribution in [-0.4, -0.2) is 40.3 Å². The highest BCUT2D eigenvalue weighted by atomic mass is 32.2. The molecule has 2 N–H and O–H groups in total. The minimum absolute atomic E-state index is 0.332. The summed E-state index contributed by atoms with van der Waals surface area (Å²) in [6.45, 7) is 0. The molecule has 70 valence electrons. The molecular weight excluding hydrogens is 194 g/mol. The molecule has 0 unspecified atom stereocenters. The van der Waals surface area contributed by atoms with Gasteiger partial charge >= 0.3 is 5.97 Å². The van der Waals surface area contributed by atoms with Crippen LogP contribution in [0.2, 0.25) is 0 Å². The Labute approximate surface area is 80.7 Å². The van der Waals surface area contributed by atoms with Crippen molar-refractivity contribution in [2.75, 3.05) is 17.8 Å². The number of rotatable bonds is 4. The van der Waals surface area contributed by atoms with Crippen molar-refractivity contribution in [2.24, 2.45) is 0 Å². The van der Waals surface area contributed by atoms with E-state index in [0.717, 1.165) is 12.2 Å². The summed E-state index contributed by atoms with van der Waals surface area (Å²) in [6, 6.07) is -0.332. The van der Waals surface area contributed by atoms with Gasteiger partial charge in [0, 0.05) is 5.75 Å². The van der Waals surface area contributed by atoms with Crippen LogP contribution in [0.1, 0.15) is 6.42 Å². The highest BCUT2D eigenvalue weighted by molar-refractivity contribution is 8.00. The quantitative estimate of drug-likeness (QED) is 0.716. The number of carbonyl (C=O) groups is 1. The third-order valence-electron chi connectivity index (χ3n) is 1.73. The van der Waals surface area contributed by atoms with Crippen molar-refractivity contribution in [1.29, 1.82) is 0 Å². The Morgan fingerprint density at radius 3 is 3.08 bits per heavy atom. The summed E-state index contributed by atoms with van der Waals surface area (Å²) in [5, 5.41) is 12.1. The first-order valence-corrected chi connectivity index (χ1v) is 6.27. The molecule has 0 saturated carbocycles. The Balaban J connectivity index is 2.21. The molecule has 0 spiro atoms. The smallest absolute Gasteiger partial charge is 0.321 e. The monoisotopic (exact) mass is 207 g/mol. The van der Waals surface area contributed by atoms with Crippen LogP contribution in [-0.2, 0) is 4.79 Å². The first kappa shape index (κ1) is 10.2. The summed E-state index contributed by atoms with van der Waals surface area (Å²) in [4.78, 5) is 10.5. The van der Waals surface area contributed by atoms with E-state index in [9.17, 15) is 4.79 Å². The van der Waals surface area contributed by atoms with E-state index in [2.05, 4.69) is 11.6 Å². The van der Waals surface area contributed by atoms with E-state index in [-0.39, 0.29) is 6.04 Å². The maximum Gasteiger partial charge on any atom is 0.321 e. The fraction of sp³-hybridized carbons (Fsp3) is 0.857. The molecule has 0 aromatic heterocycles. The summed E-state index contributed by atoms with van der Waals surface area (Å²) in [5.41, 5.74) is 0. The number of hydrogen-bond acceptors (Lipinski definition) is 4. The molecule has 1 saturated heterocycles. The fourth-order valence-electron chi connectivity index (χ4n) is 1.07. The van der Waals surface area contributed by atoms with Crippen LogP contribution in [0, 0.1) is 0 Å². The Bertz CT molecular complexity index is 165. The van der Waals surface area contributed by atoms with Crippen LogP contribution in [0.3, 0.4) is 0 Å². The van der Waals surface area contributed by atoms with Gasteiger partial charge in [-0.05, 0) is 18.4 Å². The predicted octanol–water partition coefficient (Wildman–Crippen LogP) is 0.855. The third kappa shape index (κ3) is 2.88. The molecule has 1 aliphatic rings. The zero-order chi connectivity index (χ0) is 8.97. The molecule has 1 rings (SSSR count). The highest BCUT2D eigenvalue weighted by Gasteiger charge is 2.28. The van der Waals surface area contributed by atoms with Gasteiger partial charge in [0.25, 0.3) is 0 Å². The molecule has 2 atom stereocenters. The normalized spacial score (nSPS) is 29.1. The molecule has 1 heterocycles. The lowest BCUT2D eigenvalue weighted by molar-refractivity contribution is -0.138. The summed E-state index contributed by atoms with van der Waals surface area (Å²) in [5.74, 6) is 1.07. The van der Waals surface area contributed by atoms with E-state index >= 15 is 0 Å². The number of hydrogen-bond donors (Lipinski definition) is 2. The Morgan fingerprint density at radius 2 is 2.58 bits per heavy atom. The lowest BCUT2D eigenvalue weighted by Crippen LogP contribution is -2.36. The zero-order valence-corrected chi connectivity index (χ0v) is 8.58. The maximum absolute atomic E-state index is 10.5. The van der Waals surface area contributed by atoms with E-state index in [0.29, 0.717) is 11.1 Å². The topological polar surface area (TPSA) is 49.3 Å². The standard InChI is InChI=1S/C7H13NO2S2/c1-11-3-2-6-8-5(4-12-6)7(9)10/h5-6,8H,2-4H2,1H3,(H,9,10)/t5-,6-/m1/s1. The molecule has 5 heteroatoms. The minimum Gasteiger partial charge on any atom is -0.480 e. The molecule has 0 bridgehead atoms. The SMILES string of the molecule is CSCC[C@@H]1N[C@@H](C(=O)O)CS1. The predicted molar refractivity (Wildman–Crippen MR) is 53.8 cm³/mol. The largest absolute Gasteiger partial charge is 0.480 e. The molecule has 0 radical (unpaired) electrons. The second-order valence-corrected chi connectivity index (χ2v) is 4.88. The van der Waals surface area contributed by atoms with Gasteiger partial charge in [-0.2, -0.15) is 11.8 Å². The van der Waals surface area contributed by atoms with E-state index in [1.165, 1.54) is 0 Å². The molecule has 12 heavy (non-hydrogen) atoms. The van der Waals surface area contributed by atoms with Gasteiger partial charge in [-0.15, -0.1) is 11.8 Å². The second-order valence-electron chi connectivity index (χ2n) is 2.66. The van der Waals surface area contributed by atoms with E-state index < -0.39 is 5.97 Å². The van der Waals surface area contributed by atoms with Crippen LogP contribution in [0.4, 0.5) is 0 Å². The number of carboxylic acid groups (broad SMARTS) is 1. The van der Waals surface area contributed by atoms with Gasteiger partial charge < -0.3 is 5.11 Å². The lowest BCUT2D eigenvalue weighted by Gasteiger charge is -2.08. The average Bonchev–Trinajstić information content (AvgIpc) is 2.48. The zero-order valence-electron chi connectivity index (χ0n) is 6.95. The van der Waals surface area contributed by atoms with E-state index in [1.807, 2.05) is 0 Å². The molecule has 3 nitrogen and oxygen atoms in total. The third-order valence-corrected chi connectivity index (χ3v) is 3.68. The van der Waals surface area contributed by atoms with Crippen molar-refractivity contribution in [1.82, 2.24) is 5.32 Å². The Morgan fingerprint density at radius 1 is 1.83 bits per heavy atom. The van der Waals surface area contributed by atoms with Crippen molar-refractivity contribution >= 4 is 29.5 Å². The fourth-order valence-corrected chi connectivity index (χ4v) is 2.90. The molecule has 1 aliphatic heterocycles. The molecule has 0 aromatic rings. The number of aliphatic carboxylic acids is 1. The van der Waals surface area contributed by atoms with Gasteiger partial charge in [0.05, 0.1) is 5.37 Å². The summed E-state index contributed by atoms with van der Waals surface area (Å²) in [6.07, 6.45) is 3.11. The van der Waals surface area contributed by atoms with Gasteiger partial charge in [-0.25, -0.2) is 0 Å². The van der Waals surface area contributed by atoms with Crippen LogP contribution in [0.15, 0.2) is 0 Å². The maximum atomic E-state index is 10.5. The van der Waals surface area contributed by atoms with Crippen molar-refractivity contribution < 1.29 is 9.90 Å². The molecule has 0 aliphatic carbocycles. The highest BCUT2D eigenvalue weighted by Crippen LogP contribution is 2.22. The first-order chi connectivity index (χ1) is 5.74. The molecular formula is C7H13NO2S2. The van der Waals surface area contributed by atoms with Crippen molar-refractivity contribution in [3.63, 3.8) is 0 Å². The van der Waals surface area contributed by atoms with E-state index in [1.54, 1.807) is 23.5 Å². The molecule has 0 amide bonds. The number of thioether (sulfide) groups is 2. The first-order valence-electron chi connectivity index (χ1n) is 3.83. The Hall–Kier alpha value is 0.130. The minimum atomic E-state index is -0.728. The van der Waals surface area contributed by atoms with Crippen LogP contribution < -0.4 is 5.32 Å². The van der Waals surface area contributed by atoms with Crippen molar-refractivity contribution in [3.05, 3.63) is 0 Å². The van der Waals surface area contributed by atoms with Crippen molar-refractivity contribution in [3.8, 4) is 0 Å². The van der Waals surface area contributed by atoms with Gasteiger partial charge in [-0.1, -0.05) is 0 Å². The number of nitrogens with one attached hydrogen (secondary N) is 1. The average molecular weight is 207 g/mol. The number of carboxylic acids is 1. The van der Waals surface area contributed by atoms with Gasteiger partial charge in [0.1, 0.15) is 6.04 Å². The second kappa shape index (κ2) is 4.99. The Kier molecular flexibility index (Phi) is 4.25. The van der Waals surface area contributed by atoms with Crippen LogP contribution in [0.25, 0.3) is 0 Å².